The Kier molecular flexibility index (Phi) is 2.84. The molecule has 0 unspecified atom stereocenters. The highest BCUT2D eigenvalue weighted by molar-refractivity contribution is 6.34. The van der Waals surface area contributed by atoms with Crippen molar-refractivity contribution in [3.8, 4) is 0 Å². The number of quaternary nitrogens is 1. The van der Waals surface area contributed by atoms with Gasteiger partial charge in [0.1, 0.15) is 11.7 Å². The summed E-state index contributed by atoms with van der Waals surface area (Å²) in [6.45, 7) is 0.782. The summed E-state index contributed by atoms with van der Waals surface area (Å²) < 4.78 is 0. The van der Waals surface area contributed by atoms with Crippen molar-refractivity contribution in [3.05, 3.63) is 35.2 Å². The largest absolute Gasteiger partial charge is 0.333 e. The summed E-state index contributed by atoms with van der Waals surface area (Å²) in [4.78, 5) is 10.0. The molecular weight excluding hydrogens is 210 g/mol. The van der Waals surface area contributed by atoms with Crippen LogP contribution in [0.15, 0.2) is 24.3 Å². The molecule has 0 aliphatic rings. The highest BCUT2D eigenvalue weighted by Crippen LogP contribution is 2.19. The molecule has 0 aliphatic heterocycles. The lowest BCUT2D eigenvalue weighted by atomic mass is 10.2. The van der Waals surface area contributed by atoms with E-state index in [2.05, 4.69) is 24.1 Å². The first kappa shape index (κ1) is 10.3. The quantitative estimate of drug-likeness (QED) is 0.767. The normalized spacial score (nSPS) is 11.2. The van der Waals surface area contributed by atoms with Gasteiger partial charge in [0.15, 0.2) is 5.82 Å². The summed E-state index contributed by atoms with van der Waals surface area (Å²) in [5.41, 5.74) is 0.911. The number of rotatable bonds is 2. The molecular formula is C11H13ClN3+. The Morgan fingerprint density at radius 1 is 1.20 bits per heavy atom. The number of nitrogens with zero attached hydrogens (tertiary/aromatic N) is 2. The zero-order chi connectivity index (χ0) is 10.8. The van der Waals surface area contributed by atoms with E-state index in [1.807, 2.05) is 24.3 Å². The minimum Gasteiger partial charge on any atom is -0.333 e. The van der Waals surface area contributed by atoms with Crippen LogP contribution in [0.2, 0.25) is 5.15 Å². The van der Waals surface area contributed by atoms with Crippen molar-refractivity contribution in [3.63, 3.8) is 0 Å². The number of fused-ring (bicyclic) bond motifs is 1. The molecule has 1 aromatic carbocycles. The fraction of sp³-hybridized carbons (Fsp3) is 0.273. The molecule has 1 N–H and O–H groups in total. The second kappa shape index (κ2) is 4.13. The third-order valence-corrected chi connectivity index (χ3v) is 2.40. The Morgan fingerprint density at radius 2 is 1.93 bits per heavy atom. The number of nitrogens with one attached hydrogen (secondary N) is 1. The van der Waals surface area contributed by atoms with E-state index in [9.17, 15) is 0 Å². The average molecular weight is 223 g/mol. The van der Waals surface area contributed by atoms with E-state index in [0.717, 1.165) is 23.3 Å². The van der Waals surface area contributed by atoms with Gasteiger partial charge < -0.3 is 4.90 Å². The summed E-state index contributed by atoms with van der Waals surface area (Å²) >= 11 is 6.09. The highest BCUT2D eigenvalue weighted by Gasteiger charge is 2.07. The topological polar surface area (TPSA) is 30.2 Å². The van der Waals surface area contributed by atoms with Crippen LogP contribution < -0.4 is 4.90 Å². The van der Waals surface area contributed by atoms with Crippen LogP contribution in [0.5, 0.6) is 0 Å². The predicted octanol–water partition coefficient (Wildman–Crippen LogP) is 0.928. The van der Waals surface area contributed by atoms with Gasteiger partial charge in [-0.3, -0.25) is 0 Å². The fourth-order valence-electron chi connectivity index (χ4n) is 1.48. The number of halogens is 1. The van der Waals surface area contributed by atoms with Crippen LogP contribution in [0.4, 0.5) is 0 Å². The van der Waals surface area contributed by atoms with Crippen LogP contribution in [-0.2, 0) is 6.54 Å². The van der Waals surface area contributed by atoms with E-state index in [-0.39, 0.29) is 0 Å². The molecule has 1 aromatic heterocycles. The Labute approximate surface area is 93.7 Å². The molecule has 1 heterocycles. The zero-order valence-corrected chi connectivity index (χ0v) is 9.54. The summed E-state index contributed by atoms with van der Waals surface area (Å²) in [5.74, 6) is 0.790. The molecule has 2 rings (SSSR count). The molecule has 2 aromatic rings. The number of para-hydroxylation sites is 1. The van der Waals surface area contributed by atoms with Gasteiger partial charge in [0.2, 0.25) is 0 Å². The van der Waals surface area contributed by atoms with E-state index in [1.165, 1.54) is 4.90 Å². The van der Waals surface area contributed by atoms with Crippen molar-refractivity contribution < 1.29 is 4.90 Å². The molecule has 0 spiro atoms. The molecule has 0 saturated carbocycles. The van der Waals surface area contributed by atoms with Gasteiger partial charge in [-0.15, -0.1) is 0 Å². The van der Waals surface area contributed by atoms with Gasteiger partial charge in [-0.05, 0) is 12.1 Å². The van der Waals surface area contributed by atoms with E-state index in [0.29, 0.717) is 5.15 Å². The smallest absolute Gasteiger partial charge is 0.185 e. The van der Waals surface area contributed by atoms with Crippen LogP contribution in [0.3, 0.4) is 0 Å². The van der Waals surface area contributed by atoms with Gasteiger partial charge in [-0.2, -0.15) is 0 Å². The molecule has 0 aliphatic carbocycles. The summed E-state index contributed by atoms with van der Waals surface area (Å²) in [6, 6.07) is 7.79. The average Bonchev–Trinajstić information content (AvgIpc) is 2.16. The molecule has 0 fully saturated rings. The van der Waals surface area contributed by atoms with E-state index in [4.69, 9.17) is 11.6 Å². The molecule has 0 saturated heterocycles. The lowest BCUT2D eigenvalue weighted by molar-refractivity contribution is -0.873. The second-order valence-corrected chi connectivity index (χ2v) is 4.19. The SMILES string of the molecule is C[NH+](C)Cc1nc(Cl)c2ccccc2n1. The van der Waals surface area contributed by atoms with Gasteiger partial charge in [0, 0.05) is 5.39 Å². The first-order valence-corrected chi connectivity index (χ1v) is 5.25. The van der Waals surface area contributed by atoms with Crippen molar-refractivity contribution >= 4 is 22.5 Å². The minimum atomic E-state index is 0.539. The Hall–Kier alpha value is -1.19. The molecule has 78 valence electrons. The van der Waals surface area contributed by atoms with E-state index < -0.39 is 0 Å². The van der Waals surface area contributed by atoms with Crippen LogP contribution in [0, 0.1) is 0 Å². The standard InChI is InChI=1S/C11H12ClN3/c1-15(2)7-10-13-9-6-4-3-5-8(9)11(12)14-10/h3-6H,7H2,1-2H3/p+1. The first-order valence-electron chi connectivity index (χ1n) is 4.87. The highest BCUT2D eigenvalue weighted by atomic mass is 35.5. The Balaban J connectivity index is 2.52. The molecule has 0 amide bonds. The van der Waals surface area contributed by atoms with Crippen LogP contribution in [0.25, 0.3) is 10.9 Å². The van der Waals surface area contributed by atoms with Gasteiger partial charge in [-0.25, -0.2) is 9.97 Å². The van der Waals surface area contributed by atoms with Gasteiger partial charge in [0.05, 0.1) is 19.6 Å². The monoisotopic (exact) mass is 222 g/mol. The maximum atomic E-state index is 6.09. The van der Waals surface area contributed by atoms with Crippen molar-refractivity contribution in [2.45, 2.75) is 6.54 Å². The van der Waals surface area contributed by atoms with E-state index in [1.54, 1.807) is 0 Å². The molecule has 0 bridgehead atoms. The van der Waals surface area contributed by atoms with Gasteiger partial charge >= 0.3 is 0 Å². The van der Waals surface area contributed by atoms with Crippen LogP contribution in [-0.4, -0.2) is 24.1 Å². The molecule has 15 heavy (non-hydrogen) atoms. The van der Waals surface area contributed by atoms with Crippen molar-refractivity contribution in [1.29, 1.82) is 0 Å². The molecule has 4 heteroatoms. The summed E-state index contributed by atoms with van der Waals surface area (Å²) in [5, 5.41) is 1.45. The van der Waals surface area contributed by atoms with Crippen LogP contribution >= 0.6 is 11.6 Å². The summed E-state index contributed by atoms with van der Waals surface area (Å²) in [7, 11) is 4.12. The van der Waals surface area contributed by atoms with Crippen LogP contribution in [0.1, 0.15) is 5.82 Å². The number of hydrogen-bond acceptors (Lipinski definition) is 2. The van der Waals surface area contributed by atoms with Crippen molar-refractivity contribution in [2.24, 2.45) is 0 Å². The molecule has 3 nitrogen and oxygen atoms in total. The van der Waals surface area contributed by atoms with Crippen molar-refractivity contribution in [2.75, 3.05) is 14.1 Å². The first-order chi connectivity index (χ1) is 7.16. The minimum absolute atomic E-state index is 0.539. The van der Waals surface area contributed by atoms with Gasteiger partial charge in [0.25, 0.3) is 0 Å². The van der Waals surface area contributed by atoms with Gasteiger partial charge in [-0.1, -0.05) is 23.7 Å². The number of aromatic nitrogens is 2. The number of hydrogen-bond donors (Lipinski definition) is 1. The third kappa shape index (κ3) is 2.25. The predicted molar refractivity (Wildman–Crippen MR) is 61.1 cm³/mol. The lowest BCUT2D eigenvalue weighted by Gasteiger charge is -2.07. The van der Waals surface area contributed by atoms with E-state index >= 15 is 0 Å². The zero-order valence-electron chi connectivity index (χ0n) is 8.79. The Bertz CT molecular complexity index is 482. The number of benzene rings is 1. The third-order valence-electron chi connectivity index (χ3n) is 2.11. The fourth-order valence-corrected chi connectivity index (χ4v) is 1.74. The molecule has 0 radical (unpaired) electrons. The molecule has 0 atom stereocenters. The summed E-state index contributed by atoms with van der Waals surface area (Å²) in [6.07, 6.45) is 0. The maximum Gasteiger partial charge on any atom is 0.185 e. The second-order valence-electron chi connectivity index (χ2n) is 3.83. The van der Waals surface area contributed by atoms with Crippen molar-refractivity contribution in [1.82, 2.24) is 9.97 Å². The Morgan fingerprint density at radius 3 is 2.67 bits per heavy atom. The lowest BCUT2D eigenvalue weighted by Crippen LogP contribution is -3.04. The maximum absolute atomic E-state index is 6.09.